The van der Waals surface area contributed by atoms with Crippen molar-refractivity contribution in [2.45, 2.75) is 54.7 Å². The lowest BCUT2D eigenvalue weighted by molar-refractivity contribution is -0.117. The second kappa shape index (κ2) is 9.40. The standard InChI is InChI=1S/C21H23ClN2O2S/c1-14-2-3-15(21(23-14)27-19-11-5-16(22)6-12-19)4-13-20(26)24-17-7-9-18(25)10-8-17/h2-6,11-13,17-18,25H,7-10H2,1H3,(H,24,26). The minimum absolute atomic E-state index is 0.112. The first kappa shape index (κ1) is 19.9. The molecule has 0 saturated heterocycles. The zero-order valence-electron chi connectivity index (χ0n) is 15.2. The van der Waals surface area contributed by atoms with Gasteiger partial charge >= 0.3 is 0 Å². The molecule has 1 heterocycles. The second-order valence-electron chi connectivity index (χ2n) is 6.75. The van der Waals surface area contributed by atoms with E-state index in [1.54, 1.807) is 23.9 Å². The first-order valence-corrected chi connectivity index (χ1v) is 10.3. The fourth-order valence-electron chi connectivity index (χ4n) is 3.00. The first-order chi connectivity index (χ1) is 13.0. The molecule has 1 aliphatic rings. The number of aromatic nitrogens is 1. The smallest absolute Gasteiger partial charge is 0.244 e. The van der Waals surface area contributed by atoms with Crippen LogP contribution in [0.3, 0.4) is 0 Å². The molecule has 0 aliphatic heterocycles. The van der Waals surface area contributed by atoms with Gasteiger partial charge in [0.25, 0.3) is 0 Å². The van der Waals surface area contributed by atoms with Crippen LogP contribution in [0.25, 0.3) is 6.08 Å². The van der Waals surface area contributed by atoms with Crippen LogP contribution in [0.4, 0.5) is 0 Å². The Bertz CT molecular complexity index is 815. The van der Waals surface area contributed by atoms with Crippen molar-refractivity contribution in [2.75, 3.05) is 0 Å². The SMILES string of the molecule is Cc1ccc(C=CC(=O)NC2CCC(O)CC2)c(Sc2ccc(Cl)cc2)n1. The average molecular weight is 403 g/mol. The number of rotatable bonds is 5. The van der Waals surface area contributed by atoms with Gasteiger partial charge in [0.2, 0.25) is 5.91 Å². The molecule has 6 heteroatoms. The van der Waals surface area contributed by atoms with Crippen molar-refractivity contribution in [2.24, 2.45) is 0 Å². The molecule has 1 amide bonds. The number of nitrogens with zero attached hydrogens (tertiary/aromatic N) is 1. The summed E-state index contributed by atoms with van der Waals surface area (Å²) in [4.78, 5) is 17.9. The summed E-state index contributed by atoms with van der Waals surface area (Å²) < 4.78 is 0. The molecule has 0 atom stereocenters. The van der Waals surface area contributed by atoms with Gasteiger partial charge in [0.1, 0.15) is 5.03 Å². The maximum Gasteiger partial charge on any atom is 0.244 e. The summed E-state index contributed by atoms with van der Waals surface area (Å²) in [6.07, 6.45) is 6.28. The zero-order valence-corrected chi connectivity index (χ0v) is 16.8. The van der Waals surface area contributed by atoms with Gasteiger partial charge in [-0.3, -0.25) is 4.79 Å². The number of benzene rings is 1. The Hall–Kier alpha value is -1.82. The molecule has 1 saturated carbocycles. The molecule has 1 aliphatic carbocycles. The van der Waals surface area contributed by atoms with E-state index in [1.165, 1.54) is 0 Å². The molecule has 0 radical (unpaired) electrons. The molecule has 2 N–H and O–H groups in total. The van der Waals surface area contributed by atoms with Crippen LogP contribution in [0.15, 0.2) is 52.4 Å². The highest BCUT2D eigenvalue weighted by Gasteiger charge is 2.20. The quantitative estimate of drug-likeness (QED) is 0.716. The number of halogens is 1. The van der Waals surface area contributed by atoms with E-state index in [-0.39, 0.29) is 18.1 Å². The van der Waals surface area contributed by atoms with Gasteiger partial charge in [0.15, 0.2) is 0 Å². The number of carbonyl (C=O) groups excluding carboxylic acids is 1. The molecular weight excluding hydrogens is 380 g/mol. The summed E-state index contributed by atoms with van der Waals surface area (Å²) in [6.45, 7) is 1.95. The van der Waals surface area contributed by atoms with Crippen LogP contribution in [-0.4, -0.2) is 28.1 Å². The summed E-state index contributed by atoms with van der Waals surface area (Å²) in [5.41, 5.74) is 1.82. The number of aliphatic hydroxyl groups excluding tert-OH is 1. The second-order valence-corrected chi connectivity index (χ2v) is 8.25. The molecule has 0 bridgehead atoms. The normalized spacial score (nSPS) is 20.0. The van der Waals surface area contributed by atoms with E-state index >= 15 is 0 Å². The van der Waals surface area contributed by atoms with E-state index in [0.29, 0.717) is 5.02 Å². The predicted octanol–water partition coefficient (Wildman–Crippen LogP) is 4.63. The Morgan fingerprint density at radius 2 is 1.89 bits per heavy atom. The summed E-state index contributed by atoms with van der Waals surface area (Å²) in [5, 5.41) is 14.1. The van der Waals surface area contributed by atoms with Crippen molar-refractivity contribution in [3.63, 3.8) is 0 Å². The minimum atomic E-state index is -0.222. The molecule has 142 valence electrons. The van der Waals surface area contributed by atoms with Crippen LogP contribution in [0.5, 0.6) is 0 Å². The Kier molecular flexibility index (Phi) is 6.94. The lowest BCUT2D eigenvalue weighted by atomic mass is 9.93. The molecule has 1 fully saturated rings. The van der Waals surface area contributed by atoms with Gasteiger partial charge in [0, 0.05) is 33.3 Å². The van der Waals surface area contributed by atoms with E-state index in [1.807, 2.05) is 43.3 Å². The average Bonchev–Trinajstić information content (AvgIpc) is 2.65. The number of aryl methyl sites for hydroxylation is 1. The number of hydrogen-bond donors (Lipinski definition) is 2. The van der Waals surface area contributed by atoms with Crippen molar-refractivity contribution in [3.05, 3.63) is 58.8 Å². The number of nitrogens with one attached hydrogen (secondary N) is 1. The number of amides is 1. The van der Waals surface area contributed by atoms with E-state index < -0.39 is 0 Å². The van der Waals surface area contributed by atoms with Crippen LogP contribution in [0.2, 0.25) is 5.02 Å². The van der Waals surface area contributed by atoms with Gasteiger partial charge in [-0.15, -0.1) is 0 Å². The van der Waals surface area contributed by atoms with Gasteiger partial charge in [0.05, 0.1) is 6.10 Å². The Morgan fingerprint density at radius 3 is 2.59 bits per heavy atom. The zero-order chi connectivity index (χ0) is 19.2. The van der Waals surface area contributed by atoms with Gasteiger partial charge < -0.3 is 10.4 Å². The maximum atomic E-state index is 12.2. The van der Waals surface area contributed by atoms with E-state index in [4.69, 9.17) is 11.6 Å². The molecule has 27 heavy (non-hydrogen) atoms. The highest BCUT2D eigenvalue weighted by atomic mass is 35.5. The number of carbonyl (C=O) groups is 1. The van der Waals surface area contributed by atoms with Crippen molar-refractivity contribution in [1.29, 1.82) is 0 Å². The molecule has 4 nitrogen and oxygen atoms in total. The lowest BCUT2D eigenvalue weighted by Crippen LogP contribution is -2.37. The van der Waals surface area contributed by atoms with E-state index in [2.05, 4.69) is 10.3 Å². The Morgan fingerprint density at radius 1 is 1.19 bits per heavy atom. The monoisotopic (exact) mass is 402 g/mol. The van der Waals surface area contributed by atoms with E-state index in [0.717, 1.165) is 46.9 Å². The third-order valence-corrected chi connectivity index (χ3v) is 5.79. The fraction of sp³-hybridized carbons (Fsp3) is 0.333. The van der Waals surface area contributed by atoms with Crippen molar-refractivity contribution >= 4 is 35.3 Å². The van der Waals surface area contributed by atoms with Gasteiger partial charge in [-0.1, -0.05) is 29.4 Å². The summed E-state index contributed by atoms with van der Waals surface area (Å²) >= 11 is 7.49. The first-order valence-electron chi connectivity index (χ1n) is 9.07. The fourth-order valence-corrected chi connectivity index (χ4v) is 4.07. The maximum absolute atomic E-state index is 12.2. The van der Waals surface area contributed by atoms with Gasteiger partial charge in [-0.05, 0) is 69.0 Å². The Balaban J connectivity index is 1.67. The largest absolute Gasteiger partial charge is 0.393 e. The number of pyridine rings is 1. The third-order valence-electron chi connectivity index (χ3n) is 4.51. The molecule has 1 aromatic heterocycles. The van der Waals surface area contributed by atoms with Gasteiger partial charge in [-0.25, -0.2) is 4.98 Å². The van der Waals surface area contributed by atoms with Crippen LogP contribution >= 0.6 is 23.4 Å². The molecular formula is C21H23ClN2O2S. The van der Waals surface area contributed by atoms with Crippen molar-refractivity contribution < 1.29 is 9.90 Å². The van der Waals surface area contributed by atoms with Crippen molar-refractivity contribution in [3.8, 4) is 0 Å². The number of aliphatic hydroxyl groups is 1. The van der Waals surface area contributed by atoms with Gasteiger partial charge in [-0.2, -0.15) is 0 Å². The minimum Gasteiger partial charge on any atom is -0.393 e. The van der Waals surface area contributed by atoms with Crippen LogP contribution in [0, 0.1) is 6.92 Å². The molecule has 1 aromatic carbocycles. The third kappa shape index (κ3) is 6.09. The highest BCUT2D eigenvalue weighted by Crippen LogP contribution is 2.30. The predicted molar refractivity (Wildman–Crippen MR) is 110 cm³/mol. The summed E-state index contributed by atoms with van der Waals surface area (Å²) in [7, 11) is 0. The van der Waals surface area contributed by atoms with Crippen LogP contribution in [0.1, 0.15) is 36.9 Å². The van der Waals surface area contributed by atoms with Crippen LogP contribution in [-0.2, 0) is 4.79 Å². The highest BCUT2D eigenvalue weighted by molar-refractivity contribution is 7.99. The van der Waals surface area contributed by atoms with Crippen LogP contribution < -0.4 is 5.32 Å². The van der Waals surface area contributed by atoms with Crippen molar-refractivity contribution in [1.82, 2.24) is 10.3 Å². The summed E-state index contributed by atoms with van der Waals surface area (Å²) in [5.74, 6) is -0.112. The Labute approximate surface area is 169 Å². The topological polar surface area (TPSA) is 62.2 Å². The van der Waals surface area contributed by atoms with E-state index in [9.17, 15) is 9.90 Å². The molecule has 3 rings (SSSR count). The lowest BCUT2D eigenvalue weighted by Gasteiger charge is -2.25. The molecule has 0 spiro atoms. The molecule has 2 aromatic rings. The molecule has 0 unspecified atom stereocenters. The number of hydrogen-bond acceptors (Lipinski definition) is 4. The summed E-state index contributed by atoms with van der Waals surface area (Å²) in [6, 6.07) is 11.7.